The van der Waals surface area contributed by atoms with Gasteiger partial charge in [-0.25, -0.2) is 8.42 Å². The second-order valence-corrected chi connectivity index (χ2v) is 6.97. The van der Waals surface area contributed by atoms with Crippen molar-refractivity contribution in [1.82, 2.24) is 4.31 Å². The van der Waals surface area contributed by atoms with Crippen LogP contribution >= 0.6 is 0 Å². The van der Waals surface area contributed by atoms with Crippen LogP contribution in [0.15, 0.2) is 39.8 Å². The largest absolute Gasteiger partial charge is 0.469 e. The summed E-state index contributed by atoms with van der Waals surface area (Å²) in [6.07, 6.45) is 1.54. The van der Waals surface area contributed by atoms with Gasteiger partial charge in [-0.05, 0) is 37.1 Å². The van der Waals surface area contributed by atoms with Crippen molar-refractivity contribution in [2.45, 2.75) is 31.9 Å². The van der Waals surface area contributed by atoms with Gasteiger partial charge < -0.3 is 9.52 Å². The highest BCUT2D eigenvalue weighted by atomic mass is 32.2. The van der Waals surface area contributed by atoms with E-state index >= 15 is 0 Å². The molecular weight excluding hydrogens is 290 g/mol. The molecule has 0 aliphatic rings. The molecule has 0 bridgehead atoms. The molecule has 0 unspecified atom stereocenters. The van der Waals surface area contributed by atoms with E-state index in [0.29, 0.717) is 16.9 Å². The molecular formula is C15H19NO4S. The van der Waals surface area contributed by atoms with Crippen LogP contribution in [0.25, 0.3) is 0 Å². The van der Waals surface area contributed by atoms with Gasteiger partial charge in [0.2, 0.25) is 10.0 Å². The Kier molecular flexibility index (Phi) is 4.51. The van der Waals surface area contributed by atoms with Crippen LogP contribution < -0.4 is 0 Å². The van der Waals surface area contributed by atoms with Gasteiger partial charge in [-0.1, -0.05) is 12.1 Å². The Hall–Kier alpha value is -1.63. The van der Waals surface area contributed by atoms with Crippen LogP contribution in [0.3, 0.4) is 0 Å². The summed E-state index contributed by atoms with van der Waals surface area (Å²) in [5.74, 6) is 0.706. The van der Waals surface area contributed by atoms with Crippen LogP contribution in [0.1, 0.15) is 22.5 Å². The summed E-state index contributed by atoms with van der Waals surface area (Å²) in [6.45, 7) is 3.57. The number of nitrogens with zero attached hydrogens (tertiary/aromatic N) is 1. The molecule has 6 heteroatoms. The number of sulfonamides is 1. The molecule has 5 nitrogen and oxygen atoms in total. The van der Waals surface area contributed by atoms with Crippen LogP contribution in [0.5, 0.6) is 0 Å². The lowest BCUT2D eigenvalue weighted by Crippen LogP contribution is -2.27. The Morgan fingerprint density at radius 1 is 1.19 bits per heavy atom. The van der Waals surface area contributed by atoms with Crippen molar-refractivity contribution in [3.63, 3.8) is 0 Å². The van der Waals surface area contributed by atoms with Gasteiger partial charge in [-0.15, -0.1) is 0 Å². The number of aryl methyl sites for hydroxylation is 1. The summed E-state index contributed by atoms with van der Waals surface area (Å²) < 4.78 is 31.8. The lowest BCUT2D eigenvalue weighted by Gasteiger charge is -2.19. The molecule has 1 heterocycles. The van der Waals surface area contributed by atoms with E-state index in [1.807, 2.05) is 0 Å². The van der Waals surface area contributed by atoms with Crippen LogP contribution in [-0.4, -0.2) is 24.9 Å². The Labute approximate surface area is 124 Å². The van der Waals surface area contributed by atoms with Gasteiger partial charge in [-0.3, -0.25) is 0 Å². The fourth-order valence-corrected chi connectivity index (χ4v) is 3.59. The molecule has 0 aliphatic carbocycles. The molecule has 0 saturated heterocycles. The minimum atomic E-state index is -3.61. The maximum atomic E-state index is 12.7. The third kappa shape index (κ3) is 3.02. The Morgan fingerprint density at radius 3 is 2.48 bits per heavy atom. The van der Waals surface area contributed by atoms with E-state index < -0.39 is 10.0 Å². The van der Waals surface area contributed by atoms with Gasteiger partial charge in [0, 0.05) is 19.2 Å². The average Bonchev–Trinajstić information content (AvgIpc) is 2.84. The molecule has 0 atom stereocenters. The summed E-state index contributed by atoms with van der Waals surface area (Å²) in [7, 11) is -2.08. The highest BCUT2D eigenvalue weighted by Crippen LogP contribution is 2.23. The van der Waals surface area contributed by atoms with E-state index in [1.165, 1.54) is 11.4 Å². The summed E-state index contributed by atoms with van der Waals surface area (Å²) in [5.41, 5.74) is 2.02. The van der Waals surface area contributed by atoms with Crippen LogP contribution in [-0.2, 0) is 23.2 Å². The van der Waals surface area contributed by atoms with Gasteiger partial charge in [0.25, 0.3) is 0 Å². The van der Waals surface area contributed by atoms with E-state index in [1.54, 1.807) is 44.4 Å². The first kappa shape index (κ1) is 15.8. The Bertz CT molecular complexity index is 734. The molecule has 0 amide bonds. The van der Waals surface area contributed by atoms with Crippen molar-refractivity contribution in [3.05, 3.63) is 53.0 Å². The predicted octanol–water partition coefficient (Wildman–Crippen LogP) is 2.21. The first-order valence-corrected chi connectivity index (χ1v) is 8.00. The summed E-state index contributed by atoms with van der Waals surface area (Å²) in [4.78, 5) is 0.220. The minimum Gasteiger partial charge on any atom is -0.469 e. The molecule has 114 valence electrons. The number of hydrogen-bond donors (Lipinski definition) is 1. The monoisotopic (exact) mass is 309 g/mol. The van der Waals surface area contributed by atoms with E-state index in [2.05, 4.69) is 0 Å². The van der Waals surface area contributed by atoms with Gasteiger partial charge >= 0.3 is 0 Å². The zero-order valence-corrected chi connectivity index (χ0v) is 13.1. The first-order chi connectivity index (χ1) is 9.87. The van der Waals surface area contributed by atoms with Crippen LogP contribution in [0, 0.1) is 13.8 Å². The number of furan rings is 1. The zero-order chi connectivity index (χ0) is 15.6. The minimum absolute atomic E-state index is 0.181. The standard InChI is InChI=1S/C15H19NO4S/c1-11-14(10-17)5-4-6-15(11)21(18,19)16(3)9-13-7-8-20-12(13)2/h4-8,17H,9-10H2,1-3H3. The molecule has 1 aromatic carbocycles. The smallest absolute Gasteiger partial charge is 0.243 e. The average molecular weight is 309 g/mol. The van der Waals surface area contributed by atoms with Gasteiger partial charge in [0.15, 0.2) is 0 Å². The third-order valence-electron chi connectivity index (χ3n) is 3.61. The number of aliphatic hydroxyl groups excluding tert-OH is 1. The van der Waals surface area contributed by atoms with Crippen molar-refractivity contribution in [1.29, 1.82) is 0 Å². The molecule has 0 saturated carbocycles. The normalized spacial score (nSPS) is 12.0. The van der Waals surface area contributed by atoms with Gasteiger partial charge in [0.05, 0.1) is 17.8 Å². The predicted molar refractivity (Wildman–Crippen MR) is 79.2 cm³/mol. The number of aliphatic hydroxyl groups is 1. The van der Waals surface area contributed by atoms with Crippen molar-refractivity contribution in [2.24, 2.45) is 0 Å². The number of benzene rings is 1. The highest BCUT2D eigenvalue weighted by molar-refractivity contribution is 7.89. The molecule has 0 aliphatic heterocycles. The topological polar surface area (TPSA) is 70.8 Å². The fourth-order valence-electron chi connectivity index (χ4n) is 2.18. The lowest BCUT2D eigenvalue weighted by atomic mass is 10.1. The van der Waals surface area contributed by atoms with E-state index in [4.69, 9.17) is 4.42 Å². The SMILES string of the molecule is Cc1occc1CN(C)S(=O)(=O)c1cccc(CO)c1C. The Balaban J connectivity index is 2.36. The first-order valence-electron chi connectivity index (χ1n) is 6.56. The molecule has 1 N–H and O–H groups in total. The van der Waals surface area contributed by atoms with Crippen LogP contribution in [0.2, 0.25) is 0 Å². The number of rotatable bonds is 5. The Morgan fingerprint density at radius 2 is 1.90 bits per heavy atom. The fraction of sp³-hybridized carbons (Fsp3) is 0.333. The van der Waals surface area contributed by atoms with Crippen molar-refractivity contribution in [2.75, 3.05) is 7.05 Å². The highest BCUT2D eigenvalue weighted by Gasteiger charge is 2.24. The molecule has 0 fully saturated rings. The molecule has 2 aromatic rings. The molecule has 0 radical (unpaired) electrons. The quantitative estimate of drug-likeness (QED) is 0.919. The molecule has 2 rings (SSSR count). The zero-order valence-electron chi connectivity index (χ0n) is 12.3. The maximum absolute atomic E-state index is 12.7. The molecule has 1 aromatic heterocycles. The van der Waals surface area contributed by atoms with Gasteiger partial charge in [-0.2, -0.15) is 4.31 Å². The molecule has 21 heavy (non-hydrogen) atoms. The maximum Gasteiger partial charge on any atom is 0.243 e. The van der Waals surface area contributed by atoms with Crippen molar-refractivity contribution >= 4 is 10.0 Å². The number of hydrogen-bond acceptors (Lipinski definition) is 4. The van der Waals surface area contributed by atoms with Crippen LogP contribution in [0.4, 0.5) is 0 Å². The second-order valence-electron chi connectivity index (χ2n) is 4.96. The summed E-state index contributed by atoms with van der Waals surface area (Å²) >= 11 is 0. The third-order valence-corrected chi connectivity index (χ3v) is 5.56. The van der Waals surface area contributed by atoms with E-state index in [-0.39, 0.29) is 18.0 Å². The van der Waals surface area contributed by atoms with Gasteiger partial charge in [0.1, 0.15) is 5.76 Å². The van der Waals surface area contributed by atoms with Crippen molar-refractivity contribution in [3.8, 4) is 0 Å². The van der Waals surface area contributed by atoms with E-state index in [0.717, 1.165) is 5.56 Å². The summed E-state index contributed by atoms with van der Waals surface area (Å²) in [6, 6.07) is 6.68. The molecule has 0 spiro atoms. The summed E-state index contributed by atoms with van der Waals surface area (Å²) in [5, 5.41) is 9.27. The second kappa shape index (κ2) is 6.01. The lowest BCUT2D eigenvalue weighted by molar-refractivity contribution is 0.280. The van der Waals surface area contributed by atoms with E-state index in [9.17, 15) is 13.5 Å². The van der Waals surface area contributed by atoms with Crippen molar-refractivity contribution < 1.29 is 17.9 Å².